The minimum absolute atomic E-state index is 0.518. The van der Waals surface area contributed by atoms with E-state index in [-0.39, 0.29) is 0 Å². The normalized spacial score (nSPS) is 11.5. The summed E-state index contributed by atoms with van der Waals surface area (Å²) in [6, 6.07) is 3.78. The van der Waals surface area contributed by atoms with Crippen molar-refractivity contribution in [3.8, 4) is 0 Å². The van der Waals surface area contributed by atoms with E-state index < -0.39 is 0 Å². The summed E-state index contributed by atoms with van der Waals surface area (Å²) in [5, 5.41) is 8.14. The zero-order valence-electron chi connectivity index (χ0n) is 12.8. The standard InChI is InChI=1S/C15H20ClN5S/c1-3-12-9-20-14(22-12)10-21-15(17-2)18-7-6-11-4-5-13(16)19-8-11/h4-5,8-9H,3,6-7,10H2,1-2H3,(H2,17,18,21). The minimum atomic E-state index is 0.518. The highest BCUT2D eigenvalue weighted by Gasteiger charge is 2.03. The van der Waals surface area contributed by atoms with Crippen LogP contribution in [0.1, 0.15) is 22.4 Å². The van der Waals surface area contributed by atoms with E-state index >= 15 is 0 Å². The molecule has 0 bridgehead atoms. The van der Waals surface area contributed by atoms with Crippen LogP contribution in [0.5, 0.6) is 0 Å². The molecule has 0 spiro atoms. The lowest BCUT2D eigenvalue weighted by atomic mass is 10.2. The SMILES string of the molecule is CCc1cnc(CNC(=NC)NCCc2ccc(Cl)nc2)s1. The van der Waals surface area contributed by atoms with Gasteiger partial charge in [0.05, 0.1) is 6.54 Å². The van der Waals surface area contributed by atoms with Crippen molar-refractivity contribution in [3.63, 3.8) is 0 Å². The second-order valence-corrected chi connectivity index (χ2v) is 6.25. The zero-order chi connectivity index (χ0) is 15.8. The van der Waals surface area contributed by atoms with Crippen molar-refractivity contribution >= 4 is 28.9 Å². The molecule has 0 unspecified atom stereocenters. The largest absolute Gasteiger partial charge is 0.356 e. The Morgan fingerprint density at radius 3 is 2.77 bits per heavy atom. The first kappa shape index (κ1) is 16.7. The molecule has 2 aromatic heterocycles. The molecule has 2 aromatic rings. The van der Waals surface area contributed by atoms with Gasteiger partial charge in [0, 0.05) is 30.9 Å². The molecule has 2 heterocycles. The van der Waals surface area contributed by atoms with Crippen LogP contribution in [0.4, 0.5) is 0 Å². The number of pyridine rings is 1. The maximum atomic E-state index is 5.77. The third kappa shape index (κ3) is 5.27. The van der Waals surface area contributed by atoms with E-state index in [4.69, 9.17) is 11.6 Å². The fraction of sp³-hybridized carbons (Fsp3) is 0.400. The zero-order valence-corrected chi connectivity index (χ0v) is 14.3. The van der Waals surface area contributed by atoms with Gasteiger partial charge in [-0.1, -0.05) is 24.6 Å². The molecule has 2 N–H and O–H groups in total. The third-order valence-corrected chi connectivity index (χ3v) is 4.44. The molecule has 5 nitrogen and oxygen atoms in total. The van der Waals surface area contributed by atoms with Gasteiger partial charge in [-0.15, -0.1) is 11.3 Å². The monoisotopic (exact) mass is 337 g/mol. The molecule has 2 rings (SSSR count). The second kappa shape index (κ2) is 8.70. The minimum Gasteiger partial charge on any atom is -0.356 e. The van der Waals surface area contributed by atoms with Crippen molar-refractivity contribution in [3.05, 3.63) is 45.1 Å². The lowest BCUT2D eigenvalue weighted by Gasteiger charge is -2.10. The quantitative estimate of drug-likeness (QED) is 0.483. The molecular weight excluding hydrogens is 318 g/mol. The van der Waals surface area contributed by atoms with Crippen molar-refractivity contribution in [2.75, 3.05) is 13.6 Å². The molecule has 0 radical (unpaired) electrons. The number of aromatic nitrogens is 2. The van der Waals surface area contributed by atoms with Crippen LogP contribution in [0.25, 0.3) is 0 Å². The van der Waals surface area contributed by atoms with Crippen LogP contribution in [-0.4, -0.2) is 29.5 Å². The Morgan fingerprint density at radius 1 is 1.27 bits per heavy atom. The van der Waals surface area contributed by atoms with Crippen molar-refractivity contribution in [2.45, 2.75) is 26.3 Å². The summed E-state index contributed by atoms with van der Waals surface area (Å²) < 4.78 is 0. The smallest absolute Gasteiger partial charge is 0.191 e. The fourth-order valence-corrected chi connectivity index (χ4v) is 2.77. The summed E-state index contributed by atoms with van der Waals surface area (Å²) in [4.78, 5) is 14.0. The van der Waals surface area contributed by atoms with Crippen molar-refractivity contribution in [1.82, 2.24) is 20.6 Å². The third-order valence-electron chi connectivity index (χ3n) is 3.08. The Hall–Kier alpha value is -1.66. The van der Waals surface area contributed by atoms with Gasteiger partial charge < -0.3 is 10.6 Å². The number of nitrogens with zero attached hydrogens (tertiary/aromatic N) is 3. The lowest BCUT2D eigenvalue weighted by molar-refractivity contribution is 0.790. The fourth-order valence-electron chi connectivity index (χ4n) is 1.85. The molecule has 22 heavy (non-hydrogen) atoms. The number of rotatable bonds is 6. The van der Waals surface area contributed by atoms with E-state index in [9.17, 15) is 0 Å². The van der Waals surface area contributed by atoms with E-state index in [1.807, 2.05) is 12.3 Å². The predicted molar refractivity (Wildman–Crippen MR) is 92.6 cm³/mol. The molecular formula is C15H20ClN5S. The maximum Gasteiger partial charge on any atom is 0.191 e. The maximum absolute atomic E-state index is 5.77. The molecule has 0 aliphatic heterocycles. The number of guanidine groups is 1. The lowest BCUT2D eigenvalue weighted by Crippen LogP contribution is -2.37. The number of nitrogens with one attached hydrogen (secondary N) is 2. The first-order valence-electron chi connectivity index (χ1n) is 7.19. The molecule has 118 valence electrons. The van der Waals surface area contributed by atoms with Crippen LogP contribution < -0.4 is 10.6 Å². The topological polar surface area (TPSA) is 62.2 Å². The van der Waals surface area contributed by atoms with Crippen LogP contribution >= 0.6 is 22.9 Å². The number of aryl methyl sites for hydroxylation is 1. The molecule has 0 aromatic carbocycles. The van der Waals surface area contributed by atoms with Gasteiger partial charge in [0.25, 0.3) is 0 Å². The van der Waals surface area contributed by atoms with Gasteiger partial charge in [0.15, 0.2) is 5.96 Å². The van der Waals surface area contributed by atoms with Crippen LogP contribution in [-0.2, 0) is 19.4 Å². The number of hydrogen-bond donors (Lipinski definition) is 2. The van der Waals surface area contributed by atoms with Crippen LogP contribution in [0, 0.1) is 0 Å². The molecule has 7 heteroatoms. The Balaban J connectivity index is 1.74. The van der Waals surface area contributed by atoms with Crippen molar-refractivity contribution < 1.29 is 0 Å². The highest BCUT2D eigenvalue weighted by Crippen LogP contribution is 2.12. The van der Waals surface area contributed by atoms with Gasteiger partial charge in [-0.25, -0.2) is 9.97 Å². The number of aliphatic imine (C=N–C) groups is 1. The Bertz CT molecular complexity index is 609. The van der Waals surface area contributed by atoms with Gasteiger partial charge >= 0.3 is 0 Å². The van der Waals surface area contributed by atoms with E-state index in [1.54, 1.807) is 30.6 Å². The Labute approximate surface area is 139 Å². The summed E-state index contributed by atoms with van der Waals surface area (Å²) in [5.41, 5.74) is 1.14. The van der Waals surface area contributed by atoms with Gasteiger partial charge in [-0.05, 0) is 24.5 Å². The Kier molecular flexibility index (Phi) is 6.61. The van der Waals surface area contributed by atoms with E-state index in [1.165, 1.54) is 4.88 Å². The highest BCUT2D eigenvalue weighted by atomic mass is 35.5. The van der Waals surface area contributed by atoms with Gasteiger partial charge in [0.2, 0.25) is 0 Å². The van der Waals surface area contributed by atoms with E-state index in [0.717, 1.165) is 35.9 Å². The highest BCUT2D eigenvalue weighted by molar-refractivity contribution is 7.11. The first-order valence-corrected chi connectivity index (χ1v) is 8.39. The predicted octanol–water partition coefficient (Wildman–Crippen LogP) is 2.66. The second-order valence-electron chi connectivity index (χ2n) is 4.67. The summed E-state index contributed by atoms with van der Waals surface area (Å²) in [6.07, 6.45) is 5.62. The average molecular weight is 338 g/mol. The molecule has 0 atom stereocenters. The van der Waals surface area contributed by atoms with E-state index in [2.05, 4.69) is 32.5 Å². The first-order chi connectivity index (χ1) is 10.7. The molecule has 0 saturated heterocycles. The van der Waals surface area contributed by atoms with E-state index in [0.29, 0.717) is 11.7 Å². The van der Waals surface area contributed by atoms with Crippen molar-refractivity contribution in [1.29, 1.82) is 0 Å². The van der Waals surface area contributed by atoms with Crippen LogP contribution in [0.15, 0.2) is 29.5 Å². The Morgan fingerprint density at radius 2 is 2.14 bits per heavy atom. The van der Waals surface area contributed by atoms with Crippen molar-refractivity contribution in [2.24, 2.45) is 4.99 Å². The summed E-state index contributed by atoms with van der Waals surface area (Å²) in [7, 11) is 1.76. The van der Waals surface area contributed by atoms with Crippen LogP contribution in [0.2, 0.25) is 5.15 Å². The van der Waals surface area contributed by atoms with Gasteiger partial charge in [0.1, 0.15) is 10.2 Å². The molecule has 0 saturated carbocycles. The van der Waals surface area contributed by atoms with Gasteiger partial charge in [-0.2, -0.15) is 0 Å². The summed E-state index contributed by atoms with van der Waals surface area (Å²) in [6.45, 7) is 3.60. The average Bonchev–Trinajstić information content (AvgIpc) is 3.00. The number of thiazole rings is 1. The summed E-state index contributed by atoms with van der Waals surface area (Å²) in [5.74, 6) is 0.773. The van der Waals surface area contributed by atoms with Crippen LogP contribution in [0.3, 0.4) is 0 Å². The number of halogens is 1. The molecule has 0 aliphatic rings. The summed E-state index contributed by atoms with van der Waals surface area (Å²) >= 11 is 7.50. The molecule has 0 aliphatic carbocycles. The number of hydrogen-bond acceptors (Lipinski definition) is 4. The van der Waals surface area contributed by atoms with Gasteiger partial charge in [-0.3, -0.25) is 4.99 Å². The molecule has 0 fully saturated rings. The molecule has 0 amide bonds.